The van der Waals surface area contributed by atoms with Crippen molar-refractivity contribution in [1.29, 1.82) is 0 Å². The van der Waals surface area contributed by atoms with Crippen LogP contribution in [-0.4, -0.2) is 48.3 Å². The van der Waals surface area contributed by atoms with Crippen LogP contribution in [0.3, 0.4) is 0 Å². The van der Waals surface area contributed by atoms with Crippen LogP contribution in [0.1, 0.15) is 45.2 Å². The highest BCUT2D eigenvalue weighted by Crippen LogP contribution is 2.28. The molecule has 0 aliphatic carbocycles. The van der Waals surface area contributed by atoms with Gasteiger partial charge in [0.05, 0.1) is 0 Å². The Balaban J connectivity index is 2.20. The standard InChI is InChI=1S/C22H33N5O2/c1-6-8-13-27(14-9-7-2)21-16-20(17(3)24-25-21)29-19-12-10-11-18(15-19)23-22(28)26(4)5/h10-12,15-16H,6-9,13-14H2,1-5H3,(H,23,28). The Morgan fingerprint density at radius 2 is 1.76 bits per heavy atom. The zero-order chi connectivity index (χ0) is 21.2. The summed E-state index contributed by atoms with van der Waals surface area (Å²) < 4.78 is 6.10. The Morgan fingerprint density at radius 3 is 2.38 bits per heavy atom. The average molecular weight is 400 g/mol. The molecule has 2 rings (SSSR count). The van der Waals surface area contributed by atoms with Crippen LogP contribution in [0, 0.1) is 6.92 Å². The van der Waals surface area contributed by atoms with Gasteiger partial charge in [0.2, 0.25) is 0 Å². The third-order valence-corrected chi connectivity index (χ3v) is 4.53. The van der Waals surface area contributed by atoms with Crippen molar-refractivity contribution in [2.75, 3.05) is 37.4 Å². The first-order chi connectivity index (χ1) is 13.9. The van der Waals surface area contributed by atoms with Gasteiger partial charge in [-0.3, -0.25) is 0 Å². The molecule has 0 atom stereocenters. The van der Waals surface area contributed by atoms with Crippen molar-refractivity contribution in [3.8, 4) is 11.5 Å². The molecule has 29 heavy (non-hydrogen) atoms. The van der Waals surface area contributed by atoms with Crippen LogP contribution in [-0.2, 0) is 0 Å². The molecule has 2 amide bonds. The fourth-order valence-electron chi connectivity index (χ4n) is 2.72. The number of hydrogen-bond donors (Lipinski definition) is 1. The monoisotopic (exact) mass is 399 g/mol. The number of aromatic nitrogens is 2. The summed E-state index contributed by atoms with van der Waals surface area (Å²) in [4.78, 5) is 15.6. The summed E-state index contributed by atoms with van der Waals surface area (Å²) in [5.41, 5.74) is 1.40. The lowest BCUT2D eigenvalue weighted by molar-refractivity contribution is 0.230. The van der Waals surface area contributed by atoms with Gasteiger partial charge in [-0.05, 0) is 31.9 Å². The number of benzene rings is 1. The number of amides is 2. The van der Waals surface area contributed by atoms with Crippen molar-refractivity contribution >= 4 is 17.5 Å². The molecule has 0 aliphatic heterocycles. The average Bonchev–Trinajstić information content (AvgIpc) is 2.70. The van der Waals surface area contributed by atoms with E-state index in [1.54, 1.807) is 20.2 Å². The van der Waals surface area contributed by atoms with Crippen molar-refractivity contribution in [1.82, 2.24) is 15.1 Å². The summed E-state index contributed by atoms with van der Waals surface area (Å²) in [6.45, 7) is 8.18. The molecule has 0 spiro atoms. The van der Waals surface area contributed by atoms with Gasteiger partial charge < -0.3 is 19.9 Å². The van der Waals surface area contributed by atoms with Gasteiger partial charge in [-0.15, -0.1) is 10.2 Å². The minimum Gasteiger partial charge on any atom is -0.455 e. The Morgan fingerprint density at radius 1 is 1.07 bits per heavy atom. The highest BCUT2D eigenvalue weighted by molar-refractivity contribution is 5.89. The number of anilines is 2. The van der Waals surface area contributed by atoms with E-state index in [1.807, 2.05) is 31.2 Å². The van der Waals surface area contributed by atoms with Crippen molar-refractivity contribution in [2.45, 2.75) is 46.5 Å². The highest BCUT2D eigenvalue weighted by atomic mass is 16.5. The molecule has 0 saturated carbocycles. The Hall–Kier alpha value is -2.83. The largest absolute Gasteiger partial charge is 0.455 e. The molecule has 7 nitrogen and oxygen atoms in total. The lowest BCUT2D eigenvalue weighted by Gasteiger charge is -2.23. The van der Waals surface area contributed by atoms with Gasteiger partial charge >= 0.3 is 6.03 Å². The van der Waals surface area contributed by atoms with Crippen molar-refractivity contribution in [3.63, 3.8) is 0 Å². The van der Waals surface area contributed by atoms with E-state index in [0.717, 1.165) is 50.3 Å². The SMILES string of the molecule is CCCCN(CCCC)c1cc(Oc2cccc(NC(=O)N(C)C)c2)c(C)nn1. The first kappa shape index (κ1) is 22.5. The lowest BCUT2D eigenvalue weighted by Crippen LogP contribution is -2.27. The van der Waals surface area contributed by atoms with Crippen molar-refractivity contribution in [3.05, 3.63) is 36.0 Å². The Kier molecular flexibility index (Phi) is 8.70. The second-order valence-electron chi connectivity index (χ2n) is 7.30. The Labute approximate surface area is 174 Å². The molecule has 0 unspecified atom stereocenters. The topological polar surface area (TPSA) is 70.6 Å². The smallest absolute Gasteiger partial charge is 0.321 e. The fourth-order valence-corrected chi connectivity index (χ4v) is 2.72. The van der Waals surface area contributed by atoms with Gasteiger partial charge in [0.15, 0.2) is 11.6 Å². The van der Waals surface area contributed by atoms with Gasteiger partial charge in [0, 0.05) is 45.0 Å². The molecule has 2 aromatic rings. The number of carbonyl (C=O) groups is 1. The van der Waals surface area contributed by atoms with Crippen LogP contribution < -0.4 is 15.0 Å². The maximum atomic E-state index is 11.9. The van der Waals surface area contributed by atoms with Crippen LogP contribution in [0.15, 0.2) is 30.3 Å². The lowest BCUT2D eigenvalue weighted by atomic mass is 10.2. The number of hydrogen-bond acceptors (Lipinski definition) is 5. The first-order valence-electron chi connectivity index (χ1n) is 10.3. The zero-order valence-corrected chi connectivity index (χ0v) is 18.2. The summed E-state index contributed by atoms with van der Waals surface area (Å²) in [5, 5.41) is 11.5. The third kappa shape index (κ3) is 6.93. The number of nitrogens with zero attached hydrogens (tertiary/aromatic N) is 4. The normalized spacial score (nSPS) is 10.5. The minimum atomic E-state index is -0.186. The summed E-state index contributed by atoms with van der Waals surface area (Å²) in [5.74, 6) is 2.14. The van der Waals surface area contributed by atoms with Gasteiger partial charge in [0.25, 0.3) is 0 Å². The predicted molar refractivity (Wildman–Crippen MR) is 118 cm³/mol. The molecule has 1 aromatic heterocycles. The predicted octanol–water partition coefficient (Wildman–Crippen LogP) is 5.08. The van der Waals surface area contributed by atoms with Crippen LogP contribution in [0.2, 0.25) is 0 Å². The summed E-state index contributed by atoms with van der Waals surface area (Å²) in [6.07, 6.45) is 4.50. The van der Waals surface area contributed by atoms with E-state index in [2.05, 4.69) is 34.3 Å². The summed E-state index contributed by atoms with van der Waals surface area (Å²) in [7, 11) is 3.40. The maximum absolute atomic E-state index is 11.9. The van der Waals surface area contributed by atoms with E-state index in [-0.39, 0.29) is 6.03 Å². The van der Waals surface area contributed by atoms with Crippen molar-refractivity contribution in [2.24, 2.45) is 0 Å². The quantitative estimate of drug-likeness (QED) is 0.603. The molecular formula is C22H33N5O2. The minimum absolute atomic E-state index is 0.186. The van der Waals surface area contributed by atoms with Crippen LogP contribution in [0.5, 0.6) is 11.5 Å². The summed E-state index contributed by atoms with van der Waals surface area (Å²) >= 11 is 0. The number of unbranched alkanes of at least 4 members (excludes halogenated alkanes) is 2. The molecule has 0 aliphatic rings. The van der Waals surface area contributed by atoms with Gasteiger partial charge in [-0.2, -0.15) is 0 Å². The molecule has 0 fully saturated rings. The highest BCUT2D eigenvalue weighted by Gasteiger charge is 2.13. The molecule has 158 valence electrons. The summed E-state index contributed by atoms with van der Waals surface area (Å²) in [6, 6.07) is 9.10. The van der Waals surface area contributed by atoms with Crippen LogP contribution in [0.4, 0.5) is 16.3 Å². The second-order valence-corrected chi connectivity index (χ2v) is 7.30. The molecule has 0 radical (unpaired) electrons. The van der Waals surface area contributed by atoms with E-state index in [9.17, 15) is 4.79 Å². The molecule has 1 aromatic carbocycles. The number of rotatable bonds is 10. The van der Waals surface area contributed by atoms with E-state index in [1.165, 1.54) is 4.90 Å². The van der Waals surface area contributed by atoms with Gasteiger partial charge in [-0.25, -0.2) is 4.79 Å². The maximum Gasteiger partial charge on any atom is 0.321 e. The number of urea groups is 1. The fraction of sp³-hybridized carbons (Fsp3) is 0.500. The van der Waals surface area contributed by atoms with Crippen LogP contribution >= 0.6 is 0 Å². The third-order valence-electron chi connectivity index (χ3n) is 4.53. The van der Waals surface area contributed by atoms with E-state index in [0.29, 0.717) is 17.2 Å². The molecule has 0 bridgehead atoms. The van der Waals surface area contributed by atoms with E-state index in [4.69, 9.17) is 4.74 Å². The number of carbonyl (C=O) groups excluding carboxylic acids is 1. The molecule has 1 N–H and O–H groups in total. The van der Waals surface area contributed by atoms with Crippen LogP contribution in [0.25, 0.3) is 0 Å². The molecule has 0 saturated heterocycles. The number of aryl methyl sites for hydroxylation is 1. The molecule has 7 heteroatoms. The second kappa shape index (κ2) is 11.2. The van der Waals surface area contributed by atoms with E-state index >= 15 is 0 Å². The number of nitrogens with one attached hydrogen (secondary N) is 1. The zero-order valence-electron chi connectivity index (χ0n) is 18.2. The van der Waals surface area contributed by atoms with E-state index < -0.39 is 0 Å². The van der Waals surface area contributed by atoms with Gasteiger partial charge in [0.1, 0.15) is 11.4 Å². The Bertz CT molecular complexity index is 787. The van der Waals surface area contributed by atoms with Gasteiger partial charge in [-0.1, -0.05) is 32.8 Å². The number of ether oxygens (including phenoxy) is 1. The molecule has 1 heterocycles. The first-order valence-corrected chi connectivity index (χ1v) is 10.3. The molecular weight excluding hydrogens is 366 g/mol. The van der Waals surface area contributed by atoms with Crippen molar-refractivity contribution < 1.29 is 9.53 Å².